The molecule has 2 aliphatic rings. The summed E-state index contributed by atoms with van der Waals surface area (Å²) in [4.78, 5) is 25.9. The number of carbonyl (C=O) groups is 2. The zero-order chi connectivity index (χ0) is 19.3. The van der Waals surface area contributed by atoms with Crippen LogP contribution in [0.3, 0.4) is 0 Å². The van der Waals surface area contributed by atoms with Gasteiger partial charge in [-0.05, 0) is 24.3 Å². The second-order valence-electron chi connectivity index (χ2n) is 6.32. The van der Waals surface area contributed by atoms with Gasteiger partial charge in [0.05, 0.1) is 26.0 Å². The average Bonchev–Trinajstić information content (AvgIpc) is 3.42. The Hall–Kier alpha value is -3.20. The maximum Gasteiger partial charge on any atom is 0.287 e. The van der Waals surface area contributed by atoms with Gasteiger partial charge in [-0.15, -0.1) is 0 Å². The van der Waals surface area contributed by atoms with Crippen LogP contribution in [0.2, 0.25) is 0 Å². The number of hydrogen-bond acceptors (Lipinski definition) is 7. The van der Waals surface area contributed by atoms with Gasteiger partial charge in [0.1, 0.15) is 18.5 Å². The van der Waals surface area contributed by atoms with Crippen LogP contribution < -0.4 is 19.5 Å². The normalized spacial score (nSPS) is 18.0. The number of rotatable bonds is 6. The van der Waals surface area contributed by atoms with E-state index in [4.69, 9.17) is 23.4 Å². The van der Waals surface area contributed by atoms with E-state index in [1.54, 1.807) is 29.2 Å². The van der Waals surface area contributed by atoms with Gasteiger partial charge in [0.25, 0.3) is 5.91 Å². The summed E-state index contributed by atoms with van der Waals surface area (Å²) in [6.45, 7) is 1.67. The Kier molecular flexibility index (Phi) is 5.34. The van der Waals surface area contributed by atoms with Crippen molar-refractivity contribution in [1.29, 1.82) is 0 Å². The zero-order valence-corrected chi connectivity index (χ0v) is 15.1. The standard InChI is InChI=1S/C19H20N2O7/c22-18(9-20-19(23)16-2-1-6-25-16)21-5-7-24-14(10-21)11-26-13-3-4-15-17(8-13)28-12-27-15/h1-4,6,8,14H,5,7,9-12H2,(H,20,23). The van der Waals surface area contributed by atoms with Gasteiger partial charge < -0.3 is 33.6 Å². The van der Waals surface area contributed by atoms with E-state index >= 15 is 0 Å². The number of amides is 2. The van der Waals surface area contributed by atoms with Gasteiger partial charge in [-0.2, -0.15) is 0 Å². The molecule has 0 spiro atoms. The van der Waals surface area contributed by atoms with E-state index in [-0.39, 0.29) is 31.1 Å². The minimum atomic E-state index is -0.422. The van der Waals surface area contributed by atoms with Gasteiger partial charge >= 0.3 is 0 Å². The topological polar surface area (TPSA) is 99.5 Å². The van der Waals surface area contributed by atoms with Crippen LogP contribution >= 0.6 is 0 Å². The fraction of sp³-hybridized carbons (Fsp3) is 0.368. The largest absolute Gasteiger partial charge is 0.491 e. The third-order valence-corrected chi connectivity index (χ3v) is 4.42. The number of hydrogen-bond donors (Lipinski definition) is 1. The fourth-order valence-electron chi connectivity index (χ4n) is 2.97. The lowest BCUT2D eigenvalue weighted by Gasteiger charge is -2.32. The average molecular weight is 388 g/mol. The van der Waals surface area contributed by atoms with E-state index in [2.05, 4.69) is 5.32 Å². The molecule has 0 bridgehead atoms. The van der Waals surface area contributed by atoms with Crippen molar-refractivity contribution in [2.75, 3.05) is 39.6 Å². The number of carbonyl (C=O) groups excluding carboxylic acids is 2. The number of fused-ring (bicyclic) bond motifs is 1. The summed E-state index contributed by atoms with van der Waals surface area (Å²) >= 11 is 0. The van der Waals surface area contributed by atoms with E-state index < -0.39 is 5.91 Å². The highest BCUT2D eigenvalue weighted by Crippen LogP contribution is 2.35. The van der Waals surface area contributed by atoms with Gasteiger partial charge in [0, 0.05) is 12.6 Å². The predicted octanol–water partition coefficient (Wildman–Crippen LogP) is 1.04. The van der Waals surface area contributed by atoms with Crippen molar-refractivity contribution in [3.63, 3.8) is 0 Å². The van der Waals surface area contributed by atoms with Crippen LogP contribution in [0, 0.1) is 0 Å². The lowest BCUT2D eigenvalue weighted by molar-refractivity contribution is -0.138. The van der Waals surface area contributed by atoms with Crippen molar-refractivity contribution in [3.05, 3.63) is 42.4 Å². The third-order valence-electron chi connectivity index (χ3n) is 4.42. The molecular weight excluding hydrogens is 368 g/mol. The number of benzene rings is 1. The summed E-state index contributed by atoms with van der Waals surface area (Å²) in [7, 11) is 0. The number of furan rings is 1. The van der Waals surface area contributed by atoms with Crippen molar-refractivity contribution in [2.45, 2.75) is 6.10 Å². The summed E-state index contributed by atoms with van der Waals surface area (Å²) in [6.07, 6.45) is 1.15. The van der Waals surface area contributed by atoms with Crippen LogP contribution in [0.15, 0.2) is 41.0 Å². The second kappa shape index (κ2) is 8.22. The maximum atomic E-state index is 12.4. The highest BCUT2D eigenvalue weighted by Gasteiger charge is 2.25. The zero-order valence-electron chi connectivity index (χ0n) is 15.1. The Bertz CT molecular complexity index is 837. The fourth-order valence-corrected chi connectivity index (χ4v) is 2.97. The molecule has 1 atom stereocenters. The first-order chi connectivity index (χ1) is 13.7. The summed E-state index contributed by atoms with van der Waals surface area (Å²) in [5.74, 6) is 1.54. The molecular formula is C19H20N2O7. The summed E-state index contributed by atoms with van der Waals surface area (Å²) in [5.41, 5.74) is 0. The van der Waals surface area contributed by atoms with Crippen LogP contribution in [0.5, 0.6) is 17.2 Å². The Morgan fingerprint density at radius 1 is 1.21 bits per heavy atom. The molecule has 9 nitrogen and oxygen atoms in total. The van der Waals surface area contributed by atoms with Crippen LogP contribution in [0.1, 0.15) is 10.6 Å². The monoisotopic (exact) mass is 388 g/mol. The van der Waals surface area contributed by atoms with Crippen molar-refractivity contribution in [1.82, 2.24) is 10.2 Å². The predicted molar refractivity (Wildman–Crippen MR) is 95.4 cm³/mol. The minimum Gasteiger partial charge on any atom is -0.491 e. The molecule has 1 saturated heterocycles. The molecule has 1 N–H and O–H groups in total. The summed E-state index contributed by atoms with van der Waals surface area (Å²) in [5, 5.41) is 2.56. The molecule has 1 unspecified atom stereocenters. The van der Waals surface area contributed by atoms with E-state index in [9.17, 15) is 9.59 Å². The van der Waals surface area contributed by atoms with Crippen LogP contribution in [0.4, 0.5) is 0 Å². The smallest absolute Gasteiger partial charge is 0.287 e. The maximum absolute atomic E-state index is 12.4. The van der Waals surface area contributed by atoms with E-state index in [0.29, 0.717) is 43.6 Å². The quantitative estimate of drug-likeness (QED) is 0.789. The molecule has 1 fully saturated rings. The molecule has 0 saturated carbocycles. The van der Waals surface area contributed by atoms with Gasteiger partial charge in [0.15, 0.2) is 17.3 Å². The van der Waals surface area contributed by atoms with Crippen LogP contribution in [0.25, 0.3) is 0 Å². The van der Waals surface area contributed by atoms with E-state index in [1.165, 1.54) is 12.3 Å². The summed E-state index contributed by atoms with van der Waals surface area (Å²) < 4.78 is 27.0. The molecule has 1 aromatic heterocycles. The highest BCUT2D eigenvalue weighted by molar-refractivity contribution is 5.94. The molecule has 2 amide bonds. The Balaban J connectivity index is 1.24. The molecule has 148 valence electrons. The molecule has 1 aromatic carbocycles. The van der Waals surface area contributed by atoms with Crippen molar-refractivity contribution in [2.24, 2.45) is 0 Å². The number of nitrogens with one attached hydrogen (secondary N) is 1. The highest BCUT2D eigenvalue weighted by atomic mass is 16.7. The van der Waals surface area contributed by atoms with Crippen LogP contribution in [-0.4, -0.2) is 62.5 Å². The summed E-state index contributed by atoms with van der Waals surface area (Å²) in [6, 6.07) is 8.50. The molecule has 2 aromatic rings. The third kappa shape index (κ3) is 4.20. The lowest BCUT2D eigenvalue weighted by Crippen LogP contribution is -2.50. The Labute approximate surface area is 161 Å². The van der Waals surface area contributed by atoms with Gasteiger partial charge in [-0.1, -0.05) is 0 Å². The molecule has 3 heterocycles. The van der Waals surface area contributed by atoms with Gasteiger partial charge in [-0.3, -0.25) is 9.59 Å². The molecule has 0 radical (unpaired) electrons. The molecule has 2 aliphatic heterocycles. The van der Waals surface area contributed by atoms with Crippen molar-refractivity contribution >= 4 is 11.8 Å². The second-order valence-corrected chi connectivity index (χ2v) is 6.32. The Morgan fingerprint density at radius 3 is 2.96 bits per heavy atom. The molecule has 9 heteroatoms. The molecule has 0 aliphatic carbocycles. The number of morpholine rings is 1. The SMILES string of the molecule is O=C(NCC(=O)N1CCOC(COc2ccc3c(c2)OCO3)C1)c1ccco1. The minimum absolute atomic E-state index is 0.102. The molecule has 4 rings (SSSR count). The lowest BCUT2D eigenvalue weighted by atomic mass is 10.2. The van der Waals surface area contributed by atoms with E-state index in [0.717, 1.165) is 0 Å². The Morgan fingerprint density at radius 2 is 2.11 bits per heavy atom. The number of ether oxygens (including phenoxy) is 4. The first kappa shape index (κ1) is 18.2. The van der Waals surface area contributed by atoms with Crippen LogP contribution in [-0.2, 0) is 9.53 Å². The van der Waals surface area contributed by atoms with Crippen molar-refractivity contribution < 1.29 is 33.0 Å². The molecule has 28 heavy (non-hydrogen) atoms. The van der Waals surface area contributed by atoms with E-state index in [1.807, 2.05) is 0 Å². The van der Waals surface area contributed by atoms with Gasteiger partial charge in [0.2, 0.25) is 12.7 Å². The first-order valence-electron chi connectivity index (χ1n) is 8.92. The number of nitrogens with zero attached hydrogens (tertiary/aromatic N) is 1. The van der Waals surface area contributed by atoms with Gasteiger partial charge in [-0.25, -0.2) is 0 Å². The van der Waals surface area contributed by atoms with Crippen molar-refractivity contribution in [3.8, 4) is 17.2 Å². The first-order valence-corrected chi connectivity index (χ1v) is 8.92.